The molecule has 0 saturated heterocycles. The van der Waals surface area contributed by atoms with Gasteiger partial charge in [0.15, 0.2) is 0 Å². The topological polar surface area (TPSA) is 20.2 Å². The third-order valence-corrected chi connectivity index (χ3v) is 9.96. The smallest absolute Gasteiger partial charge is 0.125 e. The minimum absolute atomic E-state index is 0.0790. The molecule has 2 heterocycles. The molecule has 0 saturated carbocycles. The van der Waals surface area contributed by atoms with E-state index in [1.807, 2.05) is 6.92 Å². The second kappa shape index (κ2) is 11.1. The molecule has 0 spiro atoms. The summed E-state index contributed by atoms with van der Waals surface area (Å²) in [6.07, 6.45) is 1.88. The number of nitrogens with one attached hydrogen (secondary N) is 1. The van der Waals surface area contributed by atoms with Crippen LogP contribution in [0.25, 0.3) is 49.7 Å². The molecule has 3 nitrogen and oxygen atoms in total. The first kappa shape index (κ1) is 28.9. The minimum atomic E-state index is -0.0790. The molecule has 230 valence electrons. The van der Waals surface area contributed by atoms with Crippen LogP contribution in [-0.4, -0.2) is 11.6 Å². The molecule has 47 heavy (non-hydrogen) atoms. The van der Waals surface area contributed by atoms with Crippen LogP contribution in [0.1, 0.15) is 43.6 Å². The molecule has 1 aliphatic heterocycles. The summed E-state index contributed by atoms with van der Waals surface area (Å²) in [6.45, 7) is 10.0. The van der Waals surface area contributed by atoms with Crippen molar-refractivity contribution in [1.82, 2.24) is 4.57 Å². The number of benzene rings is 6. The highest BCUT2D eigenvalue weighted by Gasteiger charge is 2.38. The van der Waals surface area contributed by atoms with Crippen molar-refractivity contribution in [2.45, 2.75) is 32.4 Å². The van der Waals surface area contributed by atoms with Gasteiger partial charge in [0.05, 0.1) is 22.4 Å². The molecule has 1 N–H and O–H groups in total. The molecule has 0 fully saturated rings. The van der Waals surface area contributed by atoms with Crippen LogP contribution >= 0.6 is 0 Å². The highest BCUT2D eigenvalue weighted by Crippen LogP contribution is 2.53. The zero-order chi connectivity index (χ0) is 32.3. The second-order valence-corrected chi connectivity index (χ2v) is 13.2. The first-order chi connectivity index (χ1) is 22.9. The van der Waals surface area contributed by atoms with Crippen LogP contribution in [0.15, 0.2) is 146 Å². The van der Waals surface area contributed by atoms with Crippen molar-refractivity contribution < 1.29 is 0 Å². The highest BCUT2D eigenvalue weighted by atomic mass is 15.3. The van der Waals surface area contributed by atoms with Crippen LogP contribution in [0.5, 0.6) is 0 Å². The number of rotatable bonds is 3. The van der Waals surface area contributed by atoms with Crippen molar-refractivity contribution >= 4 is 33.2 Å². The van der Waals surface area contributed by atoms with Gasteiger partial charge in [-0.15, -0.1) is 6.58 Å². The number of hydrogen-bond donors (Lipinski definition) is 1. The zero-order valence-electron chi connectivity index (χ0n) is 27.5. The summed E-state index contributed by atoms with van der Waals surface area (Å²) in [5, 5.41) is 6.38. The monoisotopic (exact) mass is 609 g/mol. The van der Waals surface area contributed by atoms with Gasteiger partial charge in [-0.25, -0.2) is 0 Å². The largest absolute Gasteiger partial charge is 0.360 e. The standard InChI is InChI=1S/C41H33N3.C3H6/c1-41(2)33-18-9-7-16-30(33)31-21-23-36-38(39(31)41)32-17-8-10-19-35(32)44(36)29-15-11-14-27(24-29)28-20-22-34-37(25-28)43(3)40(42-34)26-12-5-4-6-13-26;1-3-2/h4-25,40,42H,1-3H3;3H,1H2,2H3. The summed E-state index contributed by atoms with van der Waals surface area (Å²) in [7, 11) is 2.17. The lowest BCUT2D eigenvalue weighted by molar-refractivity contribution is 0.666. The molecule has 1 aromatic heterocycles. The van der Waals surface area contributed by atoms with Gasteiger partial charge in [-0.1, -0.05) is 117 Å². The normalized spacial score (nSPS) is 15.4. The third kappa shape index (κ3) is 4.41. The van der Waals surface area contributed by atoms with E-state index in [0.717, 1.165) is 0 Å². The van der Waals surface area contributed by atoms with Gasteiger partial charge in [-0.05, 0) is 82.3 Å². The summed E-state index contributed by atoms with van der Waals surface area (Å²) < 4.78 is 2.46. The molecular formula is C44H39N3. The predicted octanol–water partition coefficient (Wildman–Crippen LogP) is 11.5. The fraction of sp³-hybridized carbons (Fsp3) is 0.136. The van der Waals surface area contributed by atoms with Crippen molar-refractivity contribution in [2.75, 3.05) is 17.3 Å². The lowest BCUT2D eigenvalue weighted by atomic mass is 9.80. The molecule has 6 aromatic carbocycles. The Bertz CT molecular complexity index is 2310. The number of anilines is 2. The van der Waals surface area contributed by atoms with Gasteiger partial charge in [0.1, 0.15) is 6.17 Å². The van der Waals surface area contributed by atoms with E-state index in [0.29, 0.717) is 0 Å². The summed E-state index contributed by atoms with van der Waals surface area (Å²) >= 11 is 0. The van der Waals surface area contributed by atoms with Crippen molar-refractivity contribution in [3.8, 4) is 27.9 Å². The maximum absolute atomic E-state index is 3.71. The van der Waals surface area contributed by atoms with E-state index >= 15 is 0 Å². The van der Waals surface area contributed by atoms with Crippen LogP contribution in [-0.2, 0) is 5.41 Å². The molecule has 0 bridgehead atoms. The molecule has 1 unspecified atom stereocenters. The highest BCUT2D eigenvalue weighted by molar-refractivity contribution is 6.14. The predicted molar refractivity (Wildman–Crippen MR) is 201 cm³/mol. The first-order valence-corrected chi connectivity index (χ1v) is 16.4. The molecule has 0 radical (unpaired) electrons. The summed E-state index contributed by atoms with van der Waals surface area (Å²) in [5.41, 5.74) is 15.2. The molecular weight excluding hydrogens is 571 g/mol. The number of hydrogen-bond acceptors (Lipinski definition) is 2. The van der Waals surface area contributed by atoms with Gasteiger partial charge in [-0.2, -0.15) is 0 Å². The Labute approximate surface area is 277 Å². The van der Waals surface area contributed by atoms with E-state index in [-0.39, 0.29) is 11.6 Å². The van der Waals surface area contributed by atoms with Gasteiger partial charge in [0, 0.05) is 28.9 Å². The fourth-order valence-corrected chi connectivity index (χ4v) is 7.89. The average Bonchev–Trinajstić information content (AvgIpc) is 3.70. The Hall–Kier alpha value is -5.54. The van der Waals surface area contributed by atoms with Gasteiger partial charge in [0.2, 0.25) is 0 Å². The molecule has 0 amide bonds. The van der Waals surface area contributed by atoms with Crippen LogP contribution < -0.4 is 10.2 Å². The molecule has 2 aliphatic rings. The maximum atomic E-state index is 3.71. The van der Waals surface area contributed by atoms with Gasteiger partial charge >= 0.3 is 0 Å². The van der Waals surface area contributed by atoms with E-state index in [9.17, 15) is 0 Å². The van der Waals surface area contributed by atoms with Crippen molar-refractivity contribution in [3.05, 3.63) is 163 Å². The number of allylic oxidation sites excluding steroid dienone is 1. The molecule has 1 aliphatic carbocycles. The lowest BCUT2D eigenvalue weighted by Crippen LogP contribution is -2.23. The summed E-state index contributed by atoms with van der Waals surface area (Å²) in [4.78, 5) is 2.34. The number of aromatic nitrogens is 1. The van der Waals surface area contributed by atoms with Crippen molar-refractivity contribution in [2.24, 2.45) is 0 Å². The number of fused-ring (bicyclic) bond motifs is 8. The van der Waals surface area contributed by atoms with E-state index in [1.165, 1.54) is 77.8 Å². The number of nitrogens with zero attached hydrogens (tertiary/aromatic N) is 2. The average molecular weight is 610 g/mol. The maximum Gasteiger partial charge on any atom is 0.125 e. The SMILES string of the molecule is C=CC.CN1c2cc(-c3cccc(-n4c5ccccc5c5c6c(ccc54)-c4ccccc4C6(C)C)c3)ccc2NC1c1ccccc1. The Balaban J connectivity index is 0.00000104. The zero-order valence-corrected chi connectivity index (χ0v) is 27.5. The van der Waals surface area contributed by atoms with Gasteiger partial charge in [0.25, 0.3) is 0 Å². The minimum Gasteiger partial charge on any atom is -0.360 e. The van der Waals surface area contributed by atoms with Crippen LogP contribution in [0.4, 0.5) is 11.4 Å². The first-order valence-electron chi connectivity index (χ1n) is 16.4. The molecule has 1 atom stereocenters. The molecule has 9 rings (SSSR count). The van der Waals surface area contributed by atoms with E-state index in [2.05, 4.69) is 176 Å². The summed E-state index contributed by atoms with van der Waals surface area (Å²) in [6, 6.07) is 48.9. The Morgan fingerprint density at radius 2 is 1.43 bits per heavy atom. The van der Waals surface area contributed by atoms with Crippen molar-refractivity contribution in [1.29, 1.82) is 0 Å². The lowest BCUT2D eigenvalue weighted by Gasteiger charge is -2.22. The van der Waals surface area contributed by atoms with Crippen molar-refractivity contribution in [3.63, 3.8) is 0 Å². The third-order valence-electron chi connectivity index (χ3n) is 9.96. The number of para-hydroxylation sites is 1. The van der Waals surface area contributed by atoms with E-state index in [4.69, 9.17) is 0 Å². The van der Waals surface area contributed by atoms with E-state index < -0.39 is 0 Å². The summed E-state index contributed by atoms with van der Waals surface area (Å²) in [5.74, 6) is 0. The quantitative estimate of drug-likeness (QED) is 0.201. The van der Waals surface area contributed by atoms with Crippen LogP contribution in [0.3, 0.4) is 0 Å². The van der Waals surface area contributed by atoms with Crippen LogP contribution in [0.2, 0.25) is 0 Å². The molecule has 3 heteroatoms. The Morgan fingerprint density at radius 3 is 2.26 bits per heavy atom. The fourth-order valence-electron chi connectivity index (χ4n) is 7.89. The van der Waals surface area contributed by atoms with Gasteiger partial charge < -0.3 is 14.8 Å². The van der Waals surface area contributed by atoms with E-state index in [1.54, 1.807) is 6.08 Å². The molecule has 7 aromatic rings. The van der Waals surface area contributed by atoms with Gasteiger partial charge in [-0.3, -0.25) is 0 Å². The van der Waals surface area contributed by atoms with Crippen LogP contribution in [0, 0.1) is 0 Å². The Kier molecular flexibility index (Phi) is 6.80. The second-order valence-electron chi connectivity index (χ2n) is 13.2. The Morgan fingerprint density at radius 1 is 0.702 bits per heavy atom.